The van der Waals surface area contributed by atoms with E-state index in [1.807, 2.05) is 43.4 Å². The fourth-order valence-corrected chi connectivity index (χ4v) is 3.42. The minimum absolute atomic E-state index is 0.0395. The highest BCUT2D eigenvalue weighted by Crippen LogP contribution is 2.29. The molecule has 0 radical (unpaired) electrons. The summed E-state index contributed by atoms with van der Waals surface area (Å²) in [7, 11) is 1.40. The molecule has 6 nitrogen and oxygen atoms in total. The normalized spacial score (nSPS) is 15.4. The molecule has 31 heavy (non-hydrogen) atoms. The fraction of sp³-hybridized carbons (Fsp3) is 0.240. The molecule has 1 unspecified atom stereocenters. The summed E-state index contributed by atoms with van der Waals surface area (Å²) in [4.78, 5) is 20.7. The molecule has 1 aliphatic rings. The molecule has 1 aliphatic heterocycles. The van der Waals surface area contributed by atoms with Crippen LogP contribution in [-0.2, 0) is 4.74 Å². The van der Waals surface area contributed by atoms with Gasteiger partial charge in [0.05, 0.1) is 25.1 Å². The van der Waals surface area contributed by atoms with Crippen LogP contribution in [-0.4, -0.2) is 41.2 Å². The summed E-state index contributed by atoms with van der Waals surface area (Å²) >= 11 is 0. The van der Waals surface area contributed by atoms with Crippen molar-refractivity contribution in [3.05, 3.63) is 90.1 Å². The molecule has 0 amide bonds. The number of aromatic nitrogens is 2. The second kappa shape index (κ2) is 10.5. The summed E-state index contributed by atoms with van der Waals surface area (Å²) in [5.74, 6) is 0.268. The standard InChI is InChI=1S/C25H27N3O3/c1-4-5-18(7-6-17(2)24-27-15-21(29)16-28-24)20-8-9-22(25(30)31-3)23(14-20)19-10-12-26-13-11-19/h4-10,14-17,26,29H,1,11-13H2,2-3H3/b7-6-,18-5+. The van der Waals surface area contributed by atoms with Gasteiger partial charge in [0.15, 0.2) is 5.75 Å². The summed E-state index contributed by atoms with van der Waals surface area (Å²) in [6, 6.07) is 5.76. The maximum atomic E-state index is 12.3. The lowest BCUT2D eigenvalue weighted by Crippen LogP contribution is -2.21. The Hall–Kier alpha value is -3.51. The lowest BCUT2D eigenvalue weighted by Gasteiger charge is -2.18. The van der Waals surface area contributed by atoms with Gasteiger partial charge in [-0.25, -0.2) is 14.8 Å². The van der Waals surface area contributed by atoms with Crippen LogP contribution in [0.4, 0.5) is 0 Å². The Labute approximate surface area is 182 Å². The third kappa shape index (κ3) is 5.55. The molecule has 0 saturated carbocycles. The van der Waals surface area contributed by atoms with E-state index < -0.39 is 0 Å². The summed E-state index contributed by atoms with van der Waals surface area (Å²) in [5, 5.41) is 12.7. The number of ether oxygens (including phenoxy) is 1. The van der Waals surface area contributed by atoms with Gasteiger partial charge in [-0.2, -0.15) is 0 Å². The number of methoxy groups -OCH3 is 1. The van der Waals surface area contributed by atoms with Gasteiger partial charge in [-0.15, -0.1) is 0 Å². The van der Waals surface area contributed by atoms with Crippen molar-refractivity contribution in [3.63, 3.8) is 0 Å². The van der Waals surface area contributed by atoms with Gasteiger partial charge in [-0.3, -0.25) is 0 Å². The Bertz CT molecular complexity index is 1040. The average molecular weight is 418 g/mol. The van der Waals surface area contributed by atoms with Gasteiger partial charge in [0.25, 0.3) is 0 Å². The molecule has 0 spiro atoms. The summed E-state index contributed by atoms with van der Waals surface area (Å²) in [5.41, 5.74) is 4.51. The highest BCUT2D eigenvalue weighted by Gasteiger charge is 2.17. The van der Waals surface area contributed by atoms with Gasteiger partial charge in [0.1, 0.15) is 5.82 Å². The molecule has 2 heterocycles. The molecular weight excluding hydrogens is 390 g/mol. The predicted molar refractivity (Wildman–Crippen MR) is 123 cm³/mol. The molecule has 0 aliphatic carbocycles. The van der Waals surface area contributed by atoms with E-state index in [4.69, 9.17) is 4.74 Å². The first kappa shape index (κ1) is 22.2. The molecule has 1 atom stereocenters. The monoisotopic (exact) mass is 417 g/mol. The van der Waals surface area contributed by atoms with Crippen molar-refractivity contribution < 1.29 is 14.6 Å². The minimum Gasteiger partial charge on any atom is -0.505 e. The first-order chi connectivity index (χ1) is 15.0. The molecule has 160 valence electrons. The number of nitrogens with zero attached hydrogens (tertiary/aromatic N) is 2. The third-order valence-corrected chi connectivity index (χ3v) is 5.10. The number of carbonyl (C=O) groups excluding carboxylic acids is 1. The maximum absolute atomic E-state index is 12.3. The lowest BCUT2D eigenvalue weighted by atomic mass is 9.91. The number of esters is 1. The van der Waals surface area contributed by atoms with Crippen molar-refractivity contribution in [1.29, 1.82) is 0 Å². The van der Waals surface area contributed by atoms with Crippen molar-refractivity contribution in [2.75, 3.05) is 20.2 Å². The number of nitrogens with one attached hydrogen (secondary N) is 1. The zero-order valence-corrected chi connectivity index (χ0v) is 17.8. The fourth-order valence-electron chi connectivity index (χ4n) is 3.42. The number of allylic oxidation sites excluding steroid dienone is 5. The molecule has 3 rings (SSSR count). The Morgan fingerprint density at radius 1 is 1.32 bits per heavy atom. The topological polar surface area (TPSA) is 84.3 Å². The van der Waals surface area contributed by atoms with Crippen LogP contribution in [0.1, 0.15) is 46.6 Å². The largest absolute Gasteiger partial charge is 0.505 e. The number of rotatable bonds is 7. The maximum Gasteiger partial charge on any atom is 0.338 e. The van der Waals surface area contributed by atoms with E-state index in [0.717, 1.165) is 41.8 Å². The van der Waals surface area contributed by atoms with Gasteiger partial charge < -0.3 is 15.2 Å². The number of aromatic hydroxyl groups is 1. The lowest BCUT2D eigenvalue weighted by molar-refractivity contribution is 0.0600. The molecule has 1 aromatic carbocycles. The van der Waals surface area contributed by atoms with Crippen LogP contribution < -0.4 is 5.32 Å². The first-order valence-corrected chi connectivity index (χ1v) is 10.2. The van der Waals surface area contributed by atoms with Crippen LogP contribution in [0.2, 0.25) is 0 Å². The Morgan fingerprint density at radius 3 is 2.74 bits per heavy atom. The summed E-state index contributed by atoms with van der Waals surface area (Å²) in [6.07, 6.45) is 13.4. The Balaban J connectivity index is 1.96. The van der Waals surface area contributed by atoms with Crippen LogP contribution in [0.25, 0.3) is 11.1 Å². The molecule has 2 aromatic rings. The van der Waals surface area contributed by atoms with Crippen LogP contribution >= 0.6 is 0 Å². The van der Waals surface area contributed by atoms with Gasteiger partial charge >= 0.3 is 5.97 Å². The van der Waals surface area contributed by atoms with E-state index >= 15 is 0 Å². The van der Waals surface area contributed by atoms with Crippen LogP contribution in [0.15, 0.2) is 67.6 Å². The second-order valence-electron chi connectivity index (χ2n) is 7.24. The van der Waals surface area contributed by atoms with E-state index in [1.165, 1.54) is 19.5 Å². The van der Waals surface area contributed by atoms with Gasteiger partial charge in [0, 0.05) is 12.5 Å². The molecular formula is C25H27N3O3. The van der Waals surface area contributed by atoms with E-state index in [0.29, 0.717) is 11.4 Å². The van der Waals surface area contributed by atoms with Crippen molar-refractivity contribution in [1.82, 2.24) is 15.3 Å². The zero-order chi connectivity index (χ0) is 22.2. The van der Waals surface area contributed by atoms with Crippen molar-refractivity contribution >= 4 is 17.1 Å². The molecule has 2 N–H and O–H groups in total. The number of hydrogen-bond donors (Lipinski definition) is 2. The molecule has 0 fully saturated rings. The SMILES string of the molecule is C=C/C=C(\C=C/C(C)c1ncc(O)cn1)c1ccc(C(=O)OC)c(C2=CCNCC2)c1. The van der Waals surface area contributed by atoms with E-state index in [2.05, 4.69) is 27.9 Å². The van der Waals surface area contributed by atoms with Crippen molar-refractivity contribution in [3.8, 4) is 5.75 Å². The first-order valence-electron chi connectivity index (χ1n) is 10.2. The van der Waals surface area contributed by atoms with E-state index in [1.54, 1.807) is 6.08 Å². The number of benzene rings is 1. The Kier molecular flexibility index (Phi) is 7.51. The summed E-state index contributed by atoms with van der Waals surface area (Å²) in [6.45, 7) is 7.47. The third-order valence-electron chi connectivity index (χ3n) is 5.10. The van der Waals surface area contributed by atoms with Gasteiger partial charge in [0.2, 0.25) is 0 Å². The highest BCUT2D eigenvalue weighted by molar-refractivity contribution is 5.96. The van der Waals surface area contributed by atoms with Crippen LogP contribution in [0.3, 0.4) is 0 Å². The minimum atomic E-state index is -0.344. The van der Waals surface area contributed by atoms with Crippen LogP contribution in [0.5, 0.6) is 5.75 Å². The van der Waals surface area contributed by atoms with Crippen molar-refractivity contribution in [2.45, 2.75) is 19.3 Å². The molecule has 1 aromatic heterocycles. The average Bonchev–Trinajstić information content (AvgIpc) is 2.81. The summed E-state index contributed by atoms with van der Waals surface area (Å²) < 4.78 is 4.99. The van der Waals surface area contributed by atoms with Crippen LogP contribution in [0, 0.1) is 0 Å². The Morgan fingerprint density at radius 2 is 2.10 bits per heavy atom. The molecule has 0 saturated heterocycles. The van der Waals surface area contributed by atoms with E-state index in [-0.39, 0.29) is 17.6 Å². The molecule has 0 bridgehead atoms. The number of carbonyl (C=O) groups is 1. The van der Waals surface area contributed by atoms with Gasteiger partial charge in [-0.05, 0) is 47.4 Å². The number of hydrogen-bond acceptors (Lipinski definition) is 6. The predicted octanol–water partition coefficient (Wildman–Crippen LogP) is 4.27. The van der Waals surface area contributed by atoms with Crippen molar-refractivity contribution in [2.24, 2.45) is 0 Å². The highest BCUT2D eigenvalue weighted by atomic mass is 16.5. The quantitative estimate of drug-likeness (QED) is 0.517. The zero-order valence-electron chi connectivity index (χ0n) is 17.8. The van der Waals surface area contributed by atoms with Gasteiger partial charge in [-0.1, -0.05) is 49.9 Å². The second-order valence-corrected chi connectivity index (χ2v) is 7.24. The smallest absolute Gasteiger partial charge is 0.338 e. The van der Waals surface area contributed by atoms with E-state index in [9.17, 15) is 9.90 Å². The molecule has 6 heteroatoms.